The molecule has 0 radical (unpaired) electrons. The van der Waals surface area contributed by atoms with Crippen molar-refractivity contribution in [3.8, 4) is 0 Å². The van der Waals surface area contributed by atoms with Crippen LogP contribution in [0.1, 0.15) is 25.3 Å². The summed E-state index contributed by atoms with van der Waals surface area (Å²) in [5, 5.41) is 2.75. The maximum atomic E-state index is 11.7. The predicted molar refractivity (Wildman–Crippen MR) is 73.4 cm³/mol. The van der Waals surface area contributed by atoms with Crippen molar-refractivity contribution in [2.24, 2.45) is 0 Å². The minimum Gasteiger partial charge on any atom is -0.469 e. The molecule has 0 heterocycles. The number of benzene rings is 1. The van der Waals surface area contributed by atoms with Crippen LogP contribution < -0.4 is 11.1 Å². The van der Waals surface area contributed by atoms with Crippen LogP contribution in [0.5, 0.6) is 0 Å². The Morgan fingerprint density at radius 3 is 2.68 bits per heavy atom. The Morgan fingerprint density at radius 2 is 2.05 bits per heavy atom. The van der Waals surface area contributed by atoms with E-state index in [0.29, 0.717) is 18.5 Å². The average molecular weight is 264 g/mol. The van der Waals surface area contributed by atoms with E-state index in [-0.39, 0.29) is 24.3 Å². The first-order valence-electron chi connectivity index (χ1n) is 6.22. The van der Waals surface area contributed by atoms with E-state index in [1.165, 1.54) is 7.11 Å². The topological polar surface area (TPSA) is 81.4 Å². The summed E-state index contributed by atoms with van der Waals surface area (Å²) in [6.07, 6.45) is 1.11. The number of hydrogen-bond donors (Lipinski definition) is 2. The standard InChI is InChI=1S/C14H20N2O3/c1-10(9-14(18)19-2)16-13(17)8-7-11-5-3-4-6-12(11)15/h3-6,10H,7-9,15H2,1-2H3,(H,16,17). The molecule has 1 aromatic rings. The molecule has 0 aliphatic heterocycles. The normalized spacial score (nSPS) is 11.7. The number of aryl methyl sites for hydroxylation is 1. The van der Waals surface area contributed by atoms with Crippen molar-refractivity contribution in [3.05, 3.63) is 29.8 Å². The summed E-state index contributed by atoms with van der Waals surface area (Å²) in [5.41, 5.74) is 7.45. The molecule has 0 saturated heterocycles. The molecule has 0 spiro atoms. The van der Waals surface area contributed by atoms with Crippen LogP contribution in [0.15, 0.2) is 24.3 Å². The number of carbonyl (C=O) groups excluding carboxylic acids is 2. The molecule has 1 aromatic carbocycles. The second kappa shape index (κ2) is 7.41. The number of nitrogens with one attached hydrogen (secondary N) is 1. The number of hydrogen-bond acceptors (Lipinski definition) is 4. The Bertz CT molecular complexity index is 446. The summed E-state index contributed by atoms with van der Waals surface area (Å²) in [5.74, 6) is -0.431. The lowest BCUT2D eigenvalue weighted by atomic mass is 10.1. The summed E-state index contributed by atoms with van der Waals surface area (Å²) in [6, 6.07) is 7.24. The Morgan fingerprint density at radius 1 is 1.37 bits per heavy atom. The number of ether oxygens (including phenoxy) is 1. The molecule has 0 saturated carbocycles. The van der Waals surface area contributed by atoms with Crippen molar-refractivity contribution in [2.45, 2.75) is 32.2 Å². The highest BCUT2D eigenvalue weighted by Gasteiger charge is 2.12. The zero-order valence-corrected chi connectivity index (χ0v) is 11.3. The second-order valence-corrected chi connectivity index (χ2v) is 4.45. The molecule has 5 heteroatoms. The number of methoxy groups -OCH3 is 1. The van der Waals surface area contributed by atoms with Crippen molar-refractivity contribution in [3.63, 3.8) is 0 Å². The van der Waals surface area contributed by atoms with E-state index in [1.54, 1.807) is 6.92 Å². The van der Waals surface area contributed by atoms with E-state index in [0.717, 1.165) is 5.56 Å². The van der Waals surface area contributed by atoms with Gasteiger partial charge in [-0.3, -0.25) is 9.59 Å². The molecular formula is C14H20N2O3. The van der Waals surface area contributed by atoms with Gasteiger partial charge in [0.05, 0.1) is 13.5 Å². The van der Waals surface area contributed by atoms with Crippen molar-refractivity contribution in [1.82, 2.24) is 5.32 Å². The van der Waals surface area contributed by atoms with Crippen molar-refractivity contribution in [1.29, 1.82) is 0 Å². The molecule has 0 aromatic heterocycles. The first kappa shape index (κ1) is 15.0. The van der Waals surface area contributed by atoms with Gasteiger partial charge in [-0.25, -0.2) is 0 Å². The van der Waals surface area contributed by atoms with E-state index in [2.05, 4.69) is 10.1 Å². The van der Waals surface area contributed by atoms with Crippen molar-refractivity contribution < 1.29 is 14.3 Å². The average Bonchev–Trinajstić information content (AvgIpc) is 2.37. The van der Waals surface area contributed by atoms with E-state index in [4.69, 9.17) is 5.73 Å². The lowest BCUT2D eigenvalue weighted by Gasteiger charge is -2.12. The van der Waals surface area contributed by atoms with Crippen LogP contribution in [0, 0.1) is 0 Å². The van der Waals surface area contributed by atoms with Crippen LogP contribution in [-0.2, 0) is 20.7 Å². The maximum absolute atomic E-state index is 11.7. The lowest BCUT2D eigenvalue weighted by molar-refractivity contribution is -0.141. The zero-order valence-electron chi connectivity index (χ0n) is 11.3. The summed E-state index contributed by atoms with van der Waals surface area (Å²) in [7, 11) is 1.33. The van der Waals surface area contributed by atoms with Gasteiger partial charge in [-0.15, -0.1) is 0 Å². The monoisotopic (exact) mass is 264 g/mol. The molecule has 1 atom stereocenters. The number of amides is 1. The molecule has 0 bridgehead atoms. The van der Waals surface area contributed by atoms with Crippen LogP contribution in [0.4, 0.5) is 5.69 Å². The van der Waals surface area contributed by atoms with Crippen LogP contribution in [0.3, 0.4) is 0 Å². The highest BCUT2D eigenvalue weighted by molar-refractivity contribution is 5.78. The summed E-state index contributed by atoms with van der Waals surface area (Å²) >= 11 is 0. The largest absolute Gasteiger partial charge is 0.469 e. The Labute approximate surface area is 113 Å². The molecule has 19 heavy (non-hydrogen) atoms. The van der Waals surface area contributed by atoms with E-state index < -0.39 is 0 Å². The third-order valence-corrected chi connectivity index (χ3v) is 2.78. The number of anilines is 1. The second-order valence-electron chi connectivity index (χ2n) is 4.45. The third-order valence-electron chi connectivity index (χ3n) is 2.78. The SMILES string of the molecule is COC(=O)CC(C)NC(=O)CCc1ccccc1N. The minimum absolute atomic E-state index is 0.0975. The highest BCUT2D eigenvalue weighted by atomic mass is 16.5. The first-order valence-corrected chi connectivity index (χ1v) is 6.22. The third kappa shape index (κ3) is 5.42. The molecule has 3 N–H and O–H groups in total. The van der Waals surface area contributed by atoms with Crippen LogP contribution >= 0.6 is 0 Å². The minimum atomic E-state index is -0.333. The van der Waals surface area contributed by atoms with Crippen LogP contribution in [0.25, 0.3) is 0 Å². The highest BCUT2D eigenvalue weighted by Crippen LogP contribution is 2.12. The first-order chi connectivity index (χ1) is 9.02. The van der Waals surface area contributed by atoms with Gasteiger partial charge < -0.3 is 15.8 Å². The van der Waals surface area contributed by atoms with Crippen molar-refractivity contribution >= 4 is 17.6 Å². The Balaban J connectivity index is 2.36. The Hall–Kier alpha value is -2.04. The van der Waals surface area contributed by atoms with Crippen LogP contribution in [-0.4, -0.2) is 25.0 Å². The Kier molecular flexibility index (Phi) is 5.85. The summed E-state index contributed by atoms with van der Waals surface area (Å²) in [6.45, 7) is 1.77. The number of para-hydroxylation sites is 1. The maximum Gasteiger partial charge on any atom is 0.307 e. The molecule has 104 valence electrons. The van der Waals surface area contributed by atoms with Gasteiger partial charge in [0.2, 0.25) is 5.91 Å². The molecule has 0 aliphatic carbocycles. The molecule has 1 amide bonds. The van der Waals surface area contributed by atoms with Gasteiger partial charge in [0, 0.05) is 18.2 Å². The summed E-state index contributed by atoms with van der Waals surface area (Å²) < 4.78 is 4.54. The summed E-state index contributed by atoms with van der Waals surface area (Å²) in [4.78, 5) is 22.7. The predicted octanol–water partition coefficient (Wildman–Crippen LogP) is 1.27. The fourth-order valence-corrected chi connectivity index (χ4v) is 1.74. The van der Waals surface area contributed by atoms with Crippen molar-refractivity contribution in [2.75, 3.05) is 12.8 Å². The van der Waals surface area contributed by atoms with E-state index in [1.807, 2.05) is 24.3 Å². The number of esters is 1. The van der Waals surface area contributed by atoms with Gasteiger partial charge >= 0.3 is 5.97 Å². The molecule has 0 fully saturated rings. The lowest BCUT2D eigenvalue weighted by Crippen LogP contribution is -2.34. The molecule has 1 unspecified atom stereocenters. The number of nitrogens with two attached hydrogens (primary N) is 1. The van der Waals surface area contributed by atoms with E-state index >= 15 is 0 Å². The van der Waals surface area contributed by atoms with Gasteiger partial charge in [-0.2, -0.15) is 0 Å². The zero-order chi connectivity index (χ0) is 14.3. The fourth-order valence-electron chi connectivity index (χ4n) is 1.74. The molecule has 5 nitrogen and oxygen atoms in total. The quantitative estimate of drug-likeness (QED) is 0.599. The van der Waals surface area contributed by atoms with Gasteiger partial charge in [-0.05, 0) is 25.0 Å². The van der Waals surface area contributed by atoms with Crippen LogP contribution in [0.2, 0.25) is 0 Å². The van der Waals surface area contributed by atoms with Gasteiger partial charge in [0.25, 0.3) is 0 Å². The van der Waals surface area contributed by atoms with E-state index in [9.17, 15) is 9.59 Å². The van der Waals surface area contributed by atoms with Gasteiger partial charge in [-0.1, -0.05) is 18.2 Å². The molecule has 0 aliphatic rings. The smallest absolute Gasteiger partial charge is 0.307 e. The van der Waals surface area contributed by atoms with Gasteiger partial charge in [0.1, 0.15) is 0 Å². The molecule has 1 rings (SSSR count). The fraction of sp³-hybridized carbons (Fsp3) is 0.429. The molecular weight excluding hydrogens is 244 g/mol. The number of nitrogen functional groups attached to an aromatic ring is 1. The van der Waals surface area contributed by atoms with Gasteiger partial charge in [0.15, 0.2) is 0 Å². The number of carbonyl (C=O) groups is 2. The number of rotatable bonds is 6.